The fraction of sp³-hybridized carbons (Fsp3) is 0.278. The fourth-order valence-electron chi connectivity index (χ4n) is 2.98. The lowest BCUT2D eigenvalue weighted by Gasteiger charge is -2.09. The van der Waals surface area contributed by atoms with Crippen molar-refractivity contribution in [3.63, 3.8) is 0 Å². The Balaban J connectivity index is 1.78. The zero-order valence-corrected chi connectivity index (χ0v) is 12.9. The zero-order chi connectivity index (χ0) is 15.6. The van der Waals surface area contributed by atoms with Crippen LogP contribution in [0.5, 0.6) is 11.5 Å². The summed E-state index contributed by atoms with van der Waals surface area (Å²) in [6, 6.07) is 14.4. The maximum atomic E-state index is 5.70. The van der Waals surface area contributed by atoms with Gasteiger partial charge in [-0.15, -0.1) is 0 Å². The van der Waals surface area contributed by atoms with Crippen molar-refractivity contribution in [2.24, 2.45) is 5.73 Å². The Morgan fingerprint density at radius 1 is 1.09 bits per heavy atom. The second-order valence-electron chi connectivity index (χ2n) is 5.68. The van der Waals surface area contributed by atoms with E-state index in [-0.39, 0.29) is 6.79 Å². The Labute approximate surface area is 134 Å². The molecule has 2 heterocycles. The number of ether oxygens (including phenoxy) is 2. The number of fused-ring (bicyclic) bond motifs is 2. The summed E-state index contributed by atoms with van der Waals surface area (Å²) in [6.45, 7) is 1.80. The number of hydrogen-bond acceptors (Lipinski definition) is 4. The molecule has 5 nitrogen and oxygen atoms in total. The molecule has 1 aliphatic heterocycles. The van der Waals surface area contributed by atoms with E-state index in [0.717, 1.165) is 47.7 Å². The van der Waals surface area contributed by atoms with Crippen LogP contribution in [0.1, 0.15) is 17.8 Å². The molecule has 0 bridgehead atoms. The highest BCUT2D eigenvalue weighted by atomic mass is 16.7. The van der Waals surface area contributed by atoms with Crippen LogP contribution in [0.25, 0.3) is 11.0 Å². The van der Waals surface area contributed by atoms with Gasteiger partial charge in [0.2, 0.25) is 6.79 Å². The number of nitrogens with zero attached hydrogens (tertiary/aromatic N) is 2. The quantitative estimate of drug-likeness (QED) is 0.787. The van der Waals surface area contributed by atoms with Crippen LogP contribution < -0.4 is 15.2 Å². The molecule has 2 aromatic carbocycles. The Kier molecular flexibility index (Phi) is 3.63. The first-order valence-electron chi connectivity index (χ1n) is 7.88. The van der Waals surface area contributed by atoms with Gasteiger partial charge in [-0.1, -0.05) is 30.3 Å². The normalized spacial score (nSPS) is 12.9. The second kappa shape index (κ2) is 5.93. The molecule has 118 valence electrons. The van der Waals surface area contributed by atoms with Gasteiger partial charge in [0.05, 0.1) is 11.0 Å². The van der Waals surface area contributed by atoms with Gasteiger partial charge >= 0.3 is 0 Å². The van der Waals surface area contributed by atoms with Crippen molar-refractivity contribution >= 4 is 11.0 Å². The molecule has 2 N–H and O–H groups in total. The smallest absolute Gasteiger partial charge is 0.231 e. The van der Waals surface area contributed by atoms with Crippen LogP contribution in [-0.4, -0.2) is 22.9 Å². The number of benzene rings is 2. The van der Waals surface area contributed by atoms with Gasteiger partial charge in [0.15, 0.2) is 11.5 Å². The van der Waals surface area contributed by atoms with Crippen molar-refractivity contribution in [2.45, 2.75) is 19.4 Å². The Morgan fingerprint density at radius 2 is 1.87 bits per heavy atom. The average molecular weight is 309 g/mol. The van der Waals surface area contributed by atoms with Crippen molar-refractivity contribution in [3.05, 3.63) is 53.9 Å². The summed E-state index contributed by atoms with van der Waals surface area (Å²) in [5.74, 6) is 2.60. The standard InChI is InChI=1S/C18H19N3O2/c19-7-4-8-21-15-11-17-16(22-12-23-17)10-14(15)20-18(21)9-13-5-2-1-3-6-13/h1-3,5-6,10-11H,4,7-9,12,19H2. The van der Waals surface area contributed by atoms with E-state index in [1.807, 2.05) is 18.2 Å². The highest BCUT2D eigenvalue weighted by molar-refractivity contribution is 5.81. The molecule has 1 aromatic heterocycles. The molecule has 0 aliphatic carbocycles. The van der Waals surface area contributed by atoms with Gasteiger partial charge < -0.3 is 19.8 Å². The largest absolute Gasteiger partial charge is 0.454 e. The summed E-state index contributed by atoms with van der Waals surface area (Å²) in [6.07, 6.45) is 1.72. The summed E-state index contributed by atoms with van der Waals surface area (Å²) in [5, 5.41) is 0. The first-order chi connectivity index (χ1) is 11.3. The average Bonchev–Trinajstić information content (AvgIpc) is 3.15. The SMILES string of the molecule is NCCCn1c(Cc2ccccc2)nc2cc3c(cc21)OCO3. The lowest BCUT2D eigenvalue weighted by molar-refractivity contribution is 0.174. The topological polar surface area (TPSA) is 62.3 Å². The molecular formula is C18H19N3O2. The van der Waals surface area contributed by atoms with Crippen molar-refractivity contribution in [1.82, 2.24) is 9.55 Å². The van der Waals surface area contributed by atoms with E-state index in [4.69, 9.17) is 20.2 Å². The molecule has 1 aliphatic rings. The molecule has 0 atom stereocenters. The maximum Gasteiger partial charge on any atom is 0.231 e. The Morgan fingerprint density at radius 3 is 2.65 bits per heavy atom. The van der Waals surface area contributed by atoms with Crippen molar-refractivity contribution in [1.29, 1.82) is 0 Å². The third kappa shape index (κ3) is 2.64. The highest BCUT2D eigenvalue weighted by Gasteiger charge is 2.19. The minimum Gasteiger partial charge on any atom is -0.454 e. The van der Waals surface area contributed by atoms with E-state index in [1.165, 1.54) is 5.56 Å². The zero-order valence-electron chi connectivity index (χ0n) is 12.9. The van der Waals surface area contributed by atoms with Gasteiger partial charge in [0, 0.05) is 25.1 Å². The molecule has 0 unspecified atom stereocenters. The van der Waals surface area contributed by atoms with Crippen LogP contribution in [0.15, 0.2) is 42.5 Å². The van der Waals surface area contributed by atoms with Gasteiger partial charge in [0.25, 0.3) is 0 Å². The van der Waals surface area contributed by atoms with Gasteiger partial charge in [-0.2, -0.15) is 0 Å². The molecule has 0 fully saturated rings. The van der Waals surface area contributed by atoms with Crippen molar-refractivity contribution < 1.29 is 9.47 Å². The van der Waals surface area contributed by atoms with E-state index in [9.17, 15) is 0 Å². The molecule has 0 saturated carbocycles. The number of aryl methyl sites for hydroxylation is 1. The molecule has 0 saturated heterocycles. The van der Waals surface area contributed by atoms with Gasteiger partial charge in [0.1, 0.15) is 5.82 Å². The molecular weight excluding hydrogens is 290 g/mol. The number of nitrogens with two attached hydrogens (primary N) is 1. The van der Waals surface area contributed by atoms with Crippen molar-refractivity contribution in [2.75, 3.05) is 13.3 Å². The third-order valence-electron chi connectivity index (χ3n) is 4.11. The Hall–Kier alpha value is -2.53. The third-order valence-corrected chi connectivity index (χ3v) is 4.11. The molecule has 0 amide bonds. The summed E-state index contributed by atoms with van der Waals surface area (Å²) in [5.41, 5.74) is 8.97. The Bertz CT molecular complexity index is 827. The highest BCUT2D eigenvalue weighted by Crippen LogP contribution is 2.36. The van der Waals surface area contributed by atoms with Crippen LogP contribution in [0, 0.1) is 0 Å². The van der Waals surface area contributed by atoms with E-state index in [2.05, 4.69) is 28.8 Å². The van der Waals surface area contributed by atoms with E-state index >= 15 is 0 Å². The minimum atomic E-state index is 0.279. The maximum absolute atomic E-state index is 5.70. The lowest BCUT2D eigenvalue weighted by Crippen LogP contribution is -2.09. The first-order valence-corrected chi connectivity index (χ1v) is 7.88. The van der Waals surface area contributed by atoms with E-state index in [1.54, 1.807) is 0 Å². The van der Waals surface area contributed by atoms with Crippen LogP contribution in [0.3, 0.4) is 0 Å². The fourth-order valence-corrected chi connectivity index (χ4v) is 2.98. The molecule has 4 rings (SSSR count). The van der Waals surface area contributed by atoms with Crippen LogP contribution in [0.4, 0.5) is 0 Å². The molecule has 23 heavy (non-hydrogen) atoms. The molecule has 3 aromatic rings. The first kappa shape index (κ1) is 14.1. The summed E-state index contributed by atoms with van der Waals surface area (Å²) in [7, 11) is 0. The van der Waals surface area contributed by atoms with Crippen LogP contribution in [0.2, 0.25) is 0 Å². The minimum absolute atomic E-state index is 0.279. The van der Waals surface area contributed by atoms with E-state index < -0.39 is 0 Å². The lowest BCUT2D eigenvalue weighted by atomic mass is 10.1. The molecule has 5 heteroatoms. The number of aromatic nitrogens is 2. The monoisotopic (exact) mass is 309 g/mol. The number of rotatable bonds is 5. The summed E-state index contributed by atoms with van der Waals surface area (Å²) in [4.78, 5) is 4.82. The molecule has 0 radical (unpaired) electrons. The number of imidazole rings is 1. The van der Waals surface area contributed by atoms with Crippen LogP contribution in [-0.2, 0) is 13.0 Å². The van der Waals surface area contributed by atoms with Gasteiger partial charge in [-0.05, 0) is 18.5 Å². The van der Waals surface area contributed by atoms with Gasteiger partial charge in [-0.25, -0.2) is 4.98 Å². The predicted molar refractivity (Wildman–Crippen MR) is 88.8 cm³/mol. The van der Waals surface area contributed by atoms with E-state index in [0.29, 0.717) is 6.54 Å². The second-order valence-corrected chi connectivity index (χ2v) is 5.68. The predicted octanol–water partition coefficient (Wildman–Crippen LogP) is 2.70. The van der Waals surface area contributed by atoms with Gasteiger partial charge in [-0.3, -0.25) is 0 Å². The van der Waals surface area contributed by atoms with Crippen LogP contribution >= 0.6 is 0 Å². The van der Waals surface area contributed by atoms with Crippen molar-refractivity contribution in [3.8, 4) is 11.5 Å². The molecule has 0 spiro atoms. The summed E-state index contributed by atoms with van der Waals surface area (Å²) >= 11 is 0. The summed E-state index contributed by atoms with van der Waals surface area (Å²) < 4.78 is 13.2. The number of hydrogen-bond donors (Lipinski definition) is 1.